The highest BCUT2D eigenvalue weighted by Gasteiger charge is 2.21. The van der Waals surface area contributed by atoms with Crippen LogP contribution in [0.3, 0.4) is 0 Å². The Bertz CT molecular complexity index is 414. The summed E-state index contributed by atoms with van der Waals surface area (Å²) in [5, 5.41) is 0. The molecule has 1 aromatic rings. The third kappa shape index (κ3) is 2.82. The van der Waals surface area contributed by atoms with E-state index in [1.54, 1.807) is 19.1 Å². The molecule has 0 unspecified atom stereocenters. The third-order valence-corrected chi connectivity index (χ3v) is 2.36. The molecule has 0 aliphatic heterocycles. The van der Waals surface area contributed by atoms with E-state index in [-0.39, 0.29) is 12.2 Å². The first kappa shape index (κ1) is 12.7. The third-order valence-electron chi connectivity index (χ3n) is 1.87. The summed E-state index contributed by atoms with van der Waals surface area (Å²) in [5.41, 5.74) is 0.198. The SMILES string of the molecule is CCOC(=O)C(=O)c1ccc(Br)cc1OC. The van der Waals surface area contributed by atoms with E-state index in [0.29, 0.717) is 5.75 Å². The van der Waals surface area contributed by atoms with Gasteiger partial charge in [-0.05, 0) is 25.1 Å². The molecule has 1 rings (SSSR count). The van der Waals surface area contributed by atoms with Gasteiger partial charge in [-0.25, -0.2) is 4.79 Å². The molecule has 86 valence electrons. The zero-order valence-corrected chi connectivity index (χ0v) is 10.5. The number of carbonyl (C=O) groups excluding carboxylic acids is 2. The molecule has 0 atom stereocenters. The Balaban J connectivity index is 3.03. The fraction of sp³-hybridized carbons (Fsp3) is 0.273. The van der Waals surface area contributed by atoms with E-state index in [2.05, 4.69) is 20.7 Å². The summed E-state index contributed by atoms with van der Waals surface area (Å²) in [6.45, 7) is 1.81. The molecule has 4 nitrogen and oxygen atoms in total. The lowest BCUT2D eigenvalue weighted by atomic mass is 10.1. The number of halogens is 1. The Labute approximate surface area is 102 Å². The molecule has 0 bridgehead atoms. The predicted molar refractivity (Wildman–Crippen MR) is 61.7 cm³/mol. The highest BCUT2D eigenvalue weighted by Crippen LogP contribution is 2.24. The second kappa shape index (κ2) is 5.65. The van der Waals surface area contributed by atoms with Gasteiger partial charge in [0.25, 0.3) is 5.78 Å². The maximum atomic E-state index is 11.7. The zero-order valence-electron chi connectivity index (χ0n) is 8.95. The average Bonchev–Trinajstić information content (AvgIpc) is 2.28. The molecule has 5 heteroatoms. The van der Waals surface area contributed by atoms with E-state index < -0.39 is 11.8 Å². The molecule has 0 saturated carbocycles. The predicted octanol–water partition coefficient (Wildman–Crippen LogP) is 2.20. The molecule has 0 radical (unpaired) electrons. The minimum Gasteiger partial charge on any atom is -0.496 e. The van der Waals surface area contributed by atoms with Crippen molar-refractivity contribution in [3.05, 3.63) is 28.2 Å². The Morgan fingerprint density at radius 3 is 2.62 bits per heavy atom. The van der Waals surface area contributed by atoms with Crippen LogP contribution in [0.15, 0.2) is 22.7 Å². The minimum atomic E-state index is -0.872. The van der Waals surface area contributed by atoms with Gasteiger partial charge in [0, 0.05) is 4.47 Å². The number of rotatable bonds is 4. The number of hydrogen-bond donors (Lipinski definition) is 0. The smallest absolute Gasteiger partial charge is 0.379 e. The first-order valence-corrected chi connectivity index (χ1v) is 5.44. The summed E-state index contributed by atoms with van der Waals surface area (Å²) in [7, 11) is 1.43. The maximum Gasteiger partial charge on any atom is 0.379 e. The van der Waals surface area contributed by atoms with Crippen LogP contribution >= 0.6 is 15.9 Å². The van der Waals surface area contributed by atoms with E-state index in [0.717, 1.165) is 4.47 Å². The fourth-order valence-corrected chi connectivity index (χ4v) is 1.50. The summed E-state index contributed by atoms with van der Waals surface area (Å²) in [5.74, 6) is -1.23. The molecule has 0 amide bonds. The van der Waals surface area contributed by atoms with E-state index >= 15 is 0 Å². The summed E-state index contributed by atoms with van der Waals surface area (Å²) < 4.78 is 10.4. The second-order valence-corrected chi connectivity index (χ2v) is 3.81. The lowest BCUT2D eigenvalue weighted by Gasteiger charge is -2.07. The van der Waals surface area contributed by atoms with E-state index in [4.69, 9.17) is 4.74 Å². The van der Waals surface area contributed by atoms with Crippen molar-refractivity contribution < 1.29 is 19.1 Å². The van der Waals surface area contributed by atoms with Gasteiger partial charge < -0.3 is 9.47 Å². The van der Waals surface area contributed by atoms with Crippen LogP contribution in [-0.2, 0) is 9.53 Å². The van der Waals surface area contributed by atoms with Crippen LogP contribution in [0.4, 0.5) is 0 Å². The number of ether oxygens (including phenoxy) is 2. The van der Waals surface area contributed by atoms with Crippen molar-refractivity contribution in [2.75, 3.05) is 13.7 Å². The number of carbonyl (C=O) groups is 2. The normalized spacial score (nSPS) is 9.69. The monoisotopic (exact) mass is 286 g/mol. The van der Waals surface area contributed by atoms with Gasteiger partial charge in [-0.2, -0.15) is 0 Å². The van der Waals surface area contributed by atoms with Crippen LogP contribution in [0.1, 0.15) is 17.3 Å². The molecule has 0 aliphatic rings. The van der Waals surface area contributed by atoms with Crippen molar-refractivity contribution in [3.63, 3.8) is 0 Å². The molecule has 1 aromatic carbocycles. The fourth-order valence-electron chi connectivity index (χ4n) is 1.16. The van der Waals surface area contributed by atoms with Crippen molar-refractivity contribution in [3.8, 4) is 5.75 Å². The molecule has 0 N–H and O–H groups in total. The summed E-state index contributed by atoms with van der Waals surface area (Å²) in [6, 6.07) is 4.80. The van der Waals surface area contributed by atoms with Crippen molar-refractivity contribution in [2.24, 2.45) is 0 Å². The van der Waals surface area contributed by atoms with Crippen LogP contribution in [0.2, 0.25) is 0 Å². The van der Waals surface area contributed by atoms with Crippen molar-refractivity contribution >= 4 is 27.7 Å². The molecule has 16 heavy (non-hydrogen) atoms. The molecular formula is C11H11BrO4. The Kier molecular flexibility index (Phi) is 4.49. The van der Waals surface area contributed by atoms with Crippen LogP contribution < -0.4 is 4.74 Å². The maximum absolute atomic E-state index is 11.7. The molecule has 0 heterocycles. The Hall–Kier alpha value is -1.36. The quantitative estimate of drug-likeness (QED) is 0.484. The molecular weight excluding hydrogens is 276 g/mol. The highest BCUT2D eigenvalue weighted by molar-refractivity contribution is 9.10. The zero-order chi connectivity index (χ0) is 12.1. The van der Waals surface area contributed by atoms with Gasteiger partial charge in [-0.15, -0.1) is 0 Å². The molecule has 0 spiro atoms. The van der Waals surface area contributed by atoms with Crippen LogP contribution in [0.5, 0.6) is 5.75 Å². The van der Waals surface area contributed by atoms with Gasteiger partial charge >= 0.3 is 5.97 Å². The van der Waals surface area contributed by atoms with Crippen molar-refractivity contribution in [1.82, 2.24) is 0 Å². The van der Waals surface area contributed by atoms with Crippen LogP contribution in [0.25, 0.3) is 0 Å². The topological polar surface area (TPSA) is 52.6 Å². The van der Waals surface area contributed by atoms with Crippen LogP contribution in [-0.4, -0.2) is 25.5 Å². The largest absolute Gasteiger partial charge is 0.496 e. The van der Waals surface area contributed by atoms with Crippen molar-refractivity contribution in [1.29, 1.82) is 0 Å². The van der Waals surface area contributed by atoms with Gasteiger partial charge in [0.15, 0.2) is 0 Å². The molecule has 0 aromatic heterocycles. The average molecular weight is 287 g/mol. The second-order valence-electron chi connectivity index (χ2n) is 2.89. The number of methoxy groups -OCH3 is 1. The van der Waals surface area contributed by atoms with E-state index in [1.165, 1.54) is 13.2 Å². The van der Waals surface area contributed by atoms with Gasteiger partial charge in [0.2, 0.25) is 0 Å². The van der Waals surface area contributed by atoms with E-state index in [1.807, 2.05) is 0 Å². The summed E-state index contributed by atoms with van der Waals surface area (Å²) in [6.07, 6.45) is 0. The Morgan fingerprint density at radius 2 is 2.06 bits per heavy atom. The number of ketones is 1. The standard InChI is InChI=1S/C11H11BrO4/c1-3-16-11(14)10(13)8-5-4-7(12)6-9(8)15-2/h4-6H,3H2,1-2H3. The van der Waals surface area contributed by atoms with E-state index in [9.17, 15) is 9.59 Å². The number of hydrogen-bond acceptors (Lipinski definition) is 4. The summed E-state index contributed by atoms with van der Waals surface area (Å²) >= 11 is 3.25. The lowest BCUT2D eigenvalue weighted by Crippen LogP contribution is -2.18. The lowest BCUT2D eigenvalue weighted by molar-refractivity contribution is -0.137. The minimum absolute atomic E-state index is 0.170. The Morgan fingerprint density at radius 1 is 1.38 bits per heavy atom. The van der Waals surface area contributed by atoms with Gasteiger partial charge in [-0.3, -0.25) is 4.79 Å². The molecule has 0 saturated heterocycles. The molecule has 0 aliphatic carbocycles. The number of Topliss-reactive ketones (excluding diaryl/α,β-unsaturated/α-hetero) is 1. The first-order valence-electron chi connectivity index (χ1n) is 4.65. The molecule has 0 fully saturated rings. The van der Waals surface area contributed by atoms with Gasteiger partial charge in [-0.1, -0.05) is 15.9 Å². The number of esters is 1. The highest BCUT2D eigenvalue weighted by atomic mass is 79.9. The van der Waals surface area contributed by atoms with Crippen molar-refractivity contribution in [2.45, 2.75) is 6.92 Å². The van der Waals surface area contributed by atoms with Gasteiger partial charge in [0.1, 0.15) is 5.75 Å². The van der Waals surface area contributed by atoms with Gasteiger partial charge in [0.05, 0.1) is 19.3 Å². The first-order chi connectivity index (χ1) is 7.60. The summed E-state index contributed by atoms with van der Waals surface area (Å²) in [4.78, 5) is 22.9. The number of benzene rings is 1. The van der Waals surface area contributed by atoms with Crippen LogP contribution in [0, 0.1) is 0 Å².